The fourth-order valence-electron chi connectivity index (χ4n) is 12.1. The van der Waals surface area contributed by atoms with E-state index >= 15 is 0 Å². The molecule has 6 fully saturated rings. The average Bonchev–Trinajstić information content (AvgIpc) is 3.08. The summed E-state index contributed by atoms with van der Waals surface area (Å²) >= 11 is 0. The lowest BCUT2D eigenvalue weighted by Gasteiger charge is -2.64. The van der Waals surface area contributed by atoms with E-state index in [4.69, 9.17) is 4.74 Å². The van der Waals surface area contributed by atoms with Crippen LogP contribution in [0.4, 0.5) is 0 Å². The van der Waals surface area contributed by atoms with Gasteiger partial charge in [-0.2, -0.15) is 0 Å². The highest BCUT2D eigenvalue weighted by Gasteiger charge is 2.84. The molecule has 0 unspecified atom stereocenters. The van der Waals surface area contributed by atoms with Crippen molar-refractivity contribution >= 4 is 0 Å². The number of aliphatic hydroxyl groups excluding tert-OH is 3. The topological polar surface area (TPSA) is 90.2 Å². The van der Waals surface area contributed by atoms with Crippen molar-refractivity contribution in [3.63, 3.8) is 0 Å². The Kier molecular flexibility index (Phi) is 4.92. The van der Waals surface area contributed by atoms with E-state index in [0.29, 0.717) is 5.92 Å². The Morgan fingerprint density at radius 2 is 1.46 bits per heavy atom. The standard InChI is InChI=1S/C30H50O5/c1-24(2)20(33)8-11-30-16-29(30)13-12-26(5)23(28(7)10-9-21(35-28)25(3,4)34)18(32)15-27(26,6)19(29)14-17(31)22(24)30/h17-23,31-34H,8-16H2,1-7H3/t17-,18-,19-,20-,21+,22-,23-,26+,27-,28-,29+,30+/m0/s1. The molecule has 5 nitrogen and oxygen atoms in total. The molecule has 5 heteroatoms. The van der Waals surface area contributed by atoms with Gasteiger partial charge < -0.3 is 25.2 Å². The van der Waals surface area contributed by atoms with Crippen LogP contribution in [0, 0.1) is 44.8 Å². The predicted molar refractivity (Wildman–Crippen MR) is 134 cm³/mol. The summed E-state index contributed by atoms with van der Waals surface area (Å²) in [6, 6.07) is 0. The van der Waals surface area contributed by atoms with Crippen LogP contribution in [0.3, 0.4) is 0 Å². The lowest BCUT2D eigenvalue weighted by molar-refractivity contribution is -0.213. The molecule has 2 spiro atoms. The highest BCUT2D eigenvalue weighted by Crippen LogP contribution is 2.89. The van der Waals surface area contributed by atoms with Crippen LogP contribution in [0.2, 0.25) is 0 Å². The molecule has 0 aromatic carbocycles. The van der Waals surface area contributed by atoms with Gasteiger partial charge in [-0.15, -0.1) is 0 Å². The van der Waals surface area contributed by atoms with Gasteiger partial charge in [-0.3, -0.25) is 0 Å². The Bertz CT molecular complexity index is 911. The second kappa shape index (κ2) is 6.86. The van der Waals surface area contributed by atoms with Crippen molar-refractivity contribution in [1.29, 1.82) is 0 Å². The van der Waals surface area contributed by atoms with E-state index in [9.17, 15) is 20.4 Å². The van der Waals surface area contributed by atoms with E-state index in [1.54, 1.807) is 0 Å². The van der Waals surface area contributed by atoms with Gasteiger partial charge in [0.2, 0.25) is 0 Å². The molecule has 0 bridgehead atoms. The molecule has 200 valence electrons. The molecule has 5 aliphatic carbocycles. The van der Waals surface area contributed by atoms with E-state index in [2.05, 4.69) is 34.6 Å². The molecule has 6 rings (SSSR count). The van der Waals surface area contributed by atoms with Crippen molar-refractivity contribution in [2.45, 2.75) is 142 Å². The van der Waals surface area contributed by atoms with E-state index in [1.165, 1.54) is 6.42 Å². The van der Waals surface area contributed by atoms with Crippen LogP contribution in [0.5, 0.6) is 0 Å². The maximum Gasteiger partial charge on any atom is 0.0865 e. The first kappa shape index (κ1) is 25.1. The Hall–Kier alpha value is -0.200. The quantitative estimate of drug-likeness (QED) is 0.460. The van der Waals surface area contributed by atoms with Gasteiger partial charge in [0.25, 0.3) is 0 Å². The molecular formula is C30H50O5. The van der Waals surface area contributed by atoms with Crippen LogP contribution in [-0.2, 0) is 4.74 Å². The Morgan fingerprint density at radius 3 is 2.09 bits per heavy atom. The molecule has 12 atom stereocenters. The van der Waals surface area contributed by atoms with E-state index < -0.39 is 23.4 Å². The molecule has 4 N–H and O–H groups in total. The first-order valence-corrected chi connectivity index (χ1v) is 14.4. The monoisotopic (exact) mass is 490 g/mol. The lowest BCUT2D eigenvalue weighted by Crippen LogP contribution is -2.62. The van der Waals surface area contributed by atoms with Crippen LogP contribution in [0.15, 0.2) is 0 Å². The van der Waals surface area contributed by atoms with E-state index in [-0.39, 0.29) is 51.1 Å². The Labute approximate surface area is 212 Å². The molecule has 1 aliphatic heterocycles. The molecule has 1 heterocycles. The highest BCUT2D eigenvalue weighted by atomic mass is 16.5. The Morgan fingerprint density at radius 1 is 0.771 bits per heavy atom. The maximum atomic E-state index is 11.7. The van der Waals surface area contributed by atoms with Gasteiger partial charge in [0.15, 0.2) is 0 Å². The largest absolute Gasteiger partial charge is 0.393 e. The lowest BCUT2D eigenvalue weighted by atomic mass is 9.41. The minimum absolute atomic E-state index is 0.0267. The number of hydrogen-bond donors (Lipinski definition) is 4. The number of hydrogen-bond acceptors (Lipinski definition) is 5. The third-order valence-electron chi connectivity index (χ3n) is 13.8. The third kappa shape index (κ3) is 2.78. The molecule has 35 heavy (non-hydrogen) atoms. The second-order valence-corrected chi connectivity index (χ2v) is 15.9. The first-order valence-electron chi connectivity index (χ1n) is 14.4. The highest BCUT2D eigenvalue weighted by molar-refractivity contribution is 5.33. The van der Waals surface area contributed by atoms with Crippen molar-refractivity contribution in [2.75, 3.05) is 0 Å². The van der Waals surface area contributed by atoms with Gasteiger partial charge in [-0.25, -0.2) is 0 Å². The first-order chi connectivity index (χ1) is 16.0. The number of fused-ring (bicyclic) bond motifs is 2. The summed E-state index contributed by atoms with van der Waals surface area (Å²) in [5.41, 5.74) is -1.35. The van der Waals surface area contributed by atoms with Gasteiger partial charge in [-0.05, 0) is 117 Å². The van der Waals surface area contributed by atoms with Crippen LogP contribution in [0.1, 0.15) is 106 Å². The summed E-state index contributed by atoms with van der Waals surface area (Å²) in [6.07, 6.45) is 7.18. The zero-order chi connectivity index (χ0) is 25.6. The van der Waals surface area contributed by atoms with Gasteiger partial charge >= 0.3 is 0 Å². The molecular weight excluding hydrogens is 440 g/mol. The molecule has 0 aromatic rings. The summed E-state index contributed by atoms with van der Waals surface area (Å²) in [5.74, 6) is 0.577. The molecule has 6 aliphatic rings. The molecule has 0 aromatic heterocycles. The van der Waals surface area contributed by atoms with Crippen molar-refractivity contribution in [2.24, 2.45) is 44.8 Å². The summed E-state index contributed by atoms with van der Waals surface area (Å²) in [6.45, 7) is 15.0. The zero-order valence-electron chi connectivity index (χ0n) is 23.1. The third-order valence-corrected chi connectivity index (χ3v) is 13.8. The van der Waals surface area contributed by atoms with Crippen molar-refractivity contribution < 1.29 is 25.2 Å². The zero-order valence-corrected chi connectivity index (χ0v) is 23.1. The fraction of sp³-hybridized carbons (Fsp3) is 1.00. The molecule has 0 radical (unpaired) electrons. The normalized spacial score (nSPS) is 60.9. The fourth-order valence-corrected chi connectivity index (χ4v) is 12.1. The molecule has 1 saturated heterocycles. The van der Waals surface area contributed by atoms with Gasteiger partial charge in [-0.1, -0.05) is 27.7 Å². The van der Waals surface area contributed by atoms with E-state index in [0.717, 1.165) is 51.4 Å². The van der Waals surface area contributed by atoms with Crippen LogP contribution in [-0.4, -0.2) is 56.0 Å². The summed E-state index contributed by atoms with van der Waals surface area (Å²) in [5, 5.41) is 45.0. The average molecular weight is 491 g/mol. The predicted octanol–water partition coefficient (Wildman–Crippen LogP) is 4.44. The summed E-state index contributed by atoms with van der Waals surface area (Å²) in [4.78, 5) is 0. The summed E-state index contributed by atoms with van der Waals surface area (Å²) in [7, 11) is 0. The van der Waals surface area contributed by atoms with E-state index in [1.807, 2.05) is 13.8 Å². The van der Waals surface area contributed by atoms with Gasteiger partial charge in [0.1, 0.15) is 0 Å². The van der Waals surface area contributed by atoms with Crippen LogP contribution < -0.4 is 0 Å². The van der Waals surface area contributed by atoms with Crippen LogP contribution >= 0.6 is 0 Å². The molecule has 5 saturated carbocycles. The van der Waals surface area contributed by atoms with Gasteiger partial charge in [0.05, 0.1) is 35.6 Å². The molecule has 0 amide bonds. The smallest absolute Gasteiger partial charge is 0.0865 e. The number of aliphatic hydroxyl groups is 4. The maximum absolute atomic E-state index is 11.7. The summed E-state index contributed by atoms with van der Waals surface area (Å²) < 4.78 is 6.66. The van der Waals surface area contributed by atoms with Crippen molar-refractivity contribution in [3.8, 4) is 0 Å². The second-order valence-electron chi connectivity index (χ2n) is 15.9. The van der Waals surface area contributed by atoms with Crippen molar-refractivity contribution in [3.05, 3.63) is 0 Å². The Balaban J connectivity index is 1.37. The SMILES string of the molecule is CC(C)(O)[C@H]1CC[C@@](C)([C@H]2[C@@H](O)C[C@@]3(C)[C@@H]4C[C@H](O)[C@H]5C(C)(C)[C@@H](O)CC[C@@]56C[C@]46CC[C@]23C)O1. The van der Waals surface area contributed by atoms with Crippen LogP contribution in [0.25, 0.3) is 0 Å². The van der Waals surface area contributed by atoms with Gasteiger partial charge in [0, 0.05) is 5.92 Å². The number of rotatable bonds is 2. The van der Waals surface area contributed by atoms with Crippen molar-refractivity contribution in [1.82, 2.24) is 0 Å². The minimum atomic E-state index is -0.886. The number of ether oxygens (including phenoxy) is 1. The minimum Gasteiger partial charge on any atom is -0.393 e.